The van der Waals surface area contributed by atoms with E-state index in [1.54, 1.807) is 0 Å². The van der Waals surface area contributed by atoms with E-state index in [9.17, 15) is 19.0 Å². The largest absolute Gasteiger partial charge is 0.756 e. The molecule has 0 aromatic heterocycles. The van der Waals surface area contributed by atoms with E-state index in [0.717, 1.165) is 103 Å². The molecule has 0 aliphatic carbocycles. The molecular formula is C61H109N2O7P. The standard InChI is InChI=1S/C61H109N2O7P/c1-7-10-13-16-19-22-25-26-27-28-29-30-31-32-33-34-35-36-39-42-45-48-51-54-61(65)70-59(52-49-46-43-40-37-23-20-17-14-11-8-2)58(57-69-71(66,67)68-56-55-63(4,5)6)62-60(64)53-50-47-44-41-38-24-21-18-15-12-9-3/h10,13,19,22,26-27,29-30,32-33,35-36,49,52,58-59H,7-9,11-12,14-18,20-21,23-25,28,31,34,37-48,50-51,53-57H2,1-6H3,(H-,62,64,66,67)/b13-10-,22-19-,27-26-,30-29-,33-32-,36-35-,52-49-. The molecule has 0 fully saturated rings. The minimum atomic E-state index is -4.70. The highest BCUT2D eigenvalue weighted by molar-refractivity contribution is 7.45. The lowest BCUT2D eigenvalue weighted by Gasteiger charge is -2.30. The van der Waals surface area contributed by atoms with Gasteiger partial charge in [0.15, 0.2) is 0 Å². The Hall–Kier alpha value is -2.81. The number of nitrogens with zero attached hydrogens (tertiary/aromatic N) is 1. The molecular weight excluding hydrogens is 904 g/mol. The highest BCUT2D eigenvalue weighted by atomic mass is 31.2. The summed E-state index contributed by atoms with van der Waals surface area (Å²) in [5.74, 6) is -0.574. The van der Waals surface area contributed by atoms with Crippen LogP contribution in [0.15, 0.2) is 85.1 Å². The van der Waals surface area contributed by atoms with Gasteiger partial charge in [-0.05, 0) is 83.1 Å². The Morgan fingerprint density at radius 3 is 1.35 bits per heavy atom. The number of hydrogen-bond donors (Lipinski definition) is 1. The maximum atomic E-state index is 13.4. The van der Waals surface area contributed by atoms with Crippen LogP contribution in [0.5, 0.6) is 0 Å². The number of esters is 1. The average molecular weight is 1010 g/mol. The fourth-order valence-electron chi connectivity index (χ4n) is 7.88. The second-order valence-electron chi connectivity index (χ2n) is 20.4. The van der Waals surface area contributed by atoms with Crippen LogP contribution in [-0.2, 0) is 27.9 Å². The molecule has 410 valence electrons. The Kier molecular flexibility index (Phi) is 48.7. The summed E-state index contributed by atoms with van der Waals surface area (Å²) in [4.78, 5) is 39.8. The van der Waals surface area contributed by atoms with Gasteiger partial charge in [-0.15, -0.1) is 0 Å². The second kappa shape index (κ2) is 50.7. The van der Waals surface area contributed by atoms with Crippen molar-refractivity contribution in [3.8, 4) is 0 Å². The predicted molar refractivity (Wildman–Crippen MR) is 302 cm³/mol. The Morgan fingerprint density at radius 2 is 0.901 bits per heavy atom. The number of allylic oxidation sites excluding steroid dienone is 13. The molecule has 0 rings (SSSR count). The Bertz CT molecular complexity index is 1490. The van der Waals surface area contributed by atoms with Crippen LogP contribution in [0.3, 0.4) is 0 Å². The summed E-state index contributed by atoms with van der Waals surface area (Å²) in [5.41, 5.74) is 0. The van der Waals surface area contributed by atoms with Crippen molar-refractivity contribution in [2.24, 2.45) is 0 Å². The van der Waals surface area contributed by atoms with Gasteiger partial charge in [-0.25, -0.2) is 0 Å². The smallest absolute Gasteiger partial charge is 0.306 e. The van der Waals surface area contributed by atoms with Crippen molar-refractivity contribution < 1.29 is 37.3 Å². The van der Waals surface area contributed by atoms with Crippen LogP contribution in [0.25, 0.3) is 0 Å². The SMILES string of the molecule is CC/C=C\C/C=C\C/C=C\C/C=C\C/C=C\C/C=C\CCCCCCC(=O)OC(/C=C\CCCCCCCCCCC)C(COP(=O)([O-])OCC[N+](C)(C)C)NC(=O)CCCCCCCCCCCCC. The van der Waals surface area contributed by atoms with Crippen molar-refractivity contribution in [2.75, 3.05) is 40.9 Å². The monoisotopic (exact) mass is 1010 g/mol. The number of phosphoric ester groups is 1. The summed E-state index contributed by atoms with van der Waals surface area (Å²) < 4.78 is 30.2. The molecule has 3 atom stereocenters. The lowest BCUT2D eigenvalue weighted by atomic mass is 10.0. The van der Waals surface area contributed by atoms with E-state index in [-0.39, 0.29) is 24.9 Å². The molecule has 0 radical (unpaired) electrons. The summed E-state index contributed by atoms with van der Waals surface area (Å²) in [6, 6.07) is -0.899. The van der Waals surface area contributed by atoms with Gasteiger partial charge in [-0.3, -0.25) is 14.2 Å². The van der Waals surface area contributed by atoms with Gasteiger partial charge in [0, 0.05) is 12.8 Å². The number of quaternary nitrogens is 1. The summed E-state index contributed by atoms with van der Waals surface area (Å²) in [5, 5.41) is 3.00. The predicted octanol–water partition coefficient (Wildman–Crippen LogP) is 16.8. The minimum Gasteiger partial charge on any atom is -0.756 e. The number of nitrogens with one attached hydrogen (secondary N) is 1. The van der Waals surface area contributed by atoms with Crippen molar-refractivity contribution in [3.63, 3.8) is 0 Å². The van der Waals surface area contributed by atoms with Crippen LogP contribution in [0, 0.1) is 0 Å². The maximum absolute atomic E-state index is 13.4. The number of hydrogen-bond acceptors (Lipinski definition) is 7. The highest BCUT2D eigenvalue weighted by Crippen LogP contribution is 2.38. The quantitative estimate of drug-likeness (QED) is 0.0212. The molecule has 1 N–H and O–H groups in total. The van der Waals surface area contributed by atoms with Crippen LogP contribution in [0.1, 0.15) is 239 Å². The van der Waals surface area contributed by atoms with E-state index in [2.05, 4.69) is 99.0 Å². The lowest BCUT2D eigenvalue weighted by molar-refractivity contribution is -0.870. The van der Waals surface area contributed by atoms with Gasteiger partial charge in [-0.2, -0.15) is 0 Å². The van der Waals surface area contributed by atoms with Gasteiger partial charge >= 0.3 is 5.97 Å². The Balaban J connectivity index is 5.26. The fourth-order valence-corrected chi connectivity index (χ4v) is 8.60. The van der Waals surface area contributed by atoms with Crippen LogP contribution < -0.4 is 10.2 Å². The Labute approximate surface area is 437 Å². The summed E-state index contributed by atoms with van der Waals surface area (Å²) in [7, 11) is 1.16. The third-order valence-corrected chi connectivity index (χ3v) is 13.3. The normalized spacial score (nSPS) is 14.4. The third kappa shape index (κ3) is 51.9. The summed E-state index contributed by atoms with van der Waals surface area (Å²) in [6.07, 6.45) is 65.5. The molecule has 0 aromatic rings. The molecule has 0 saturated heterocycles. The molecule has 1 amide bonds. The minimum absolute atomic E-state index is 0.0292. The van der Waals surface area contributed by atoms with Crippen molar-refractivity contribution in [3.05, 3.63) is 85.1 Å². The number of carbonyl (C=O) groups excluding carboxylic acids is 2. The molecule has 0 saturated carbocycles. The van der Waals surface area contributed by atoms with Gasteiger partial charge in [0.1, 0.15) is 19.3 Å². The van der Waals surface area contributed by atoms with Gasteiger partial charge in [0.05, 0.1) is 33.8 Å². The van der Waals surface area contributed by atoms with Gasteiger partial charge in [0.25, 0.3) is 7.82 Å². The van der Waals surface area contributed by atoms with Crippen molar-refractivity contribution >= 4 is 19.7 Å². The first-order chi connectivity index (χ1) is 34.4. The van der Waals surface area contributed by atoms with E-state index in [1.807, 2.05) is 33.3 Å². The van der Waals surface area contributed by atoms with Crippen LogP contribution >= 0.6 is 7.82 Å². The first-order valence-corrected chi connectivity index (χ1v) is 30.4. The molecule has 9 nitrogen and oxygen atoms in total. The molecule has 0 aliphatic rings. The van der Waals surface area contributed by atoms with Gasteiger partial charge in [-0.1, -0.05) is 228 Å². The third-order valence-electron chi connectivity index (χ3n) is 12.3. The van der Waals surface area contributed by atoms with E-state index in [1.165, 1.54) is 96.3 Å². The van der Waals surface area contributed by atoms with E-state index >= 15 is 0 Å². The van der Waals surface area contributed by atoms with Gasteiger partial charge in [0.2, 0.25) is 5.91 Å². The summed E-state index contributed by atoms with van der Waals surface area (Å²) in [6.45, 7) is 6.68. The number of phosphoric acid groups is 1. The second-order valence-corrected chi connectivity index (χ2v) is 21.8. The van der Waals surface area contributed by atoms with Crippen LogP contribution in [0.2, 0.25) is 0 Å². The zero-order chi connectivity index (χ0) is 52.2. The fraction of sp³-hybridized carbons (Fsp3) is 0.738. The van der Waals surface area contributed by atoms with E-state index in [4.69, 9.17) is 13.8 Å². The molecule has 0 spiro atoms. The summed E-state index contributed by atoms with van der Waals surface area (Å²) >= 11 is 0. The molecule has 0 aliphatic heterocycles. The topological polar surface area (TPSA) is 114 Å². The number of carbonyl (C=O) groups is 2. The van der Waals surface area contributed by atoms with Gasteiger partial charge < -0.3 is 28.5 Å². The highest BCUT2D eigenvalue weighted by Gasteiger charge is 2.27. The molecule has 71 heavy (non-hydrogen) atoms. The van der Waals surface area contributed by atoms with E-state index < -0.39 is 26.6 Å². The van der Waals surface area contributed by atoms with Crippen LogP contribution in [0.4, 0.5) is 0 Å². The zero-order valence-electron chi connectivity index (χ0n) is 46.7. The first-order valence-electron chi connectivity index (χ1n) is 28.9. The number of amides is 1. The lowest BCUT2D eigenvalue weighted by Crippen LogP contribution is -2.47. The number of unbranched alkanes of at least 4 members (excludes halogenated alkanes) is 23. The van der Waals surface area contributed by atoms with Crippen LogP contribution in [-0.4, -0.2) is 69.4 Å². The number of rotatable bonds is 51. The Morgan fingerprint density at radius 1 is 0.507 bits per heavy atom. The number of ether oxygens (including phenoxy) is 1. The zero-order valence-corrected chi connectivity index (χ0v) is 47.5. The molecule has 0 heterocycles. The maximum Gasteiger partial charge on any atom is 0.306 e. The molecule has 10 heteroatoms. The van der Waals surface area contributed by atoms with Crippen molar-refractivity contribution in [1.82, 2.24) is 5.32 Å². The molecule has 0 aromatic carbocycles. The molecule has 0 bridgehead atoms. The van der Waals surface area contributed by atoms with Crippen molar-refractivity contribution in [2.45, 2.75) is 251 Å². The first kappa shape index (κ1) is 68.2. The molecule has 3 unspecified atom stereocenters. The van der Waals surface area contributed by atoms with E-state index in [0.29, 0.717) is 23.9 Å². The number of likely N-dealkylation sites (N-methyl/N-ethyl adjacent to an activating group) is 1. The average Bonchev–Trinajstić information content (AvgIpc) is 3.33. The van der Waals surface area contributed by atoms with Crippen molar-refractivity contribution in [1.29, 1.82) is 0 Å².